The van der Waals surface area contributed by atoms with Crippen molar-refractivity contribution in [2.75, 3.05) is 13.1 Å². The van der Waals surface area contributed by atoms with Crippen LogP contribution < -0.4 is 10.1 Å². The summed E-state index contributed by atoms with van der Waals surface area (Å²) in [5, 5.41) is 1.63. The first-order valence-corrected chi connectivity index (χ1v) is 4.25. The fourth-order valence-corrected chi connectivity index (χ4v) is 1.06. The monoisotopic (exact) mass is 232 g/mol. The van der Waals surface area contributed by atoms with Crippen molar-refractivity contribution in [3.05, 3.63) is 29.3 Å². The van der Waals surface area contributed by atoms with Crippen molar-refractivity contribution >= 4 is 6.09 Å². The summed E-state index contributed by atoms with van der Waals surface area (Å²) in [6, 6.07) is 2.60. The molecule has 0 saturated carbocycles. The average molecular weight is 232 g/mol. The number of amides is 1. The second-order valence-corrected chi connectivity index (χ2v) is 2.92. The lowest BCUT2D eigenvalue weighted by Gasteiger charge is -2.11. The number of ether oxygens (including phenoxy) is 2. The molecule has 1 aromatic rings. The molecule has 0 radical (unpaired) electrons. The number of rotatable bonds is 3. The van der Waals surface area contributed by atoms with Gasteiger partial charge in [-0.2, -0.15) is 0 Å². The molecule has 0 spiro atoms. The lowest BCUT2D eigenvalue weighted by Crippen LogP contribution is -2.21. The molecule has 0 bridgehead atoms. The van der Waals surface area contributed by atoms with Crippen molar-refractivity contribution in [1.82, 2.24) is 5.32 Å². The minimum Gasteiger partial charge on any atom is -0.490 e. The molecule has 1 atom stereocenters. The zero-order chi connectivity index (χ0) is 21.1. The number of carbonyl (C=O) groups is 1. The van der Waals surface area contributed by atoms with Crippen LogP contribution in [0.5, 0.6) is 5.75 Å². The van der Waals surface area contributed by atoms with Gasteiger partial charge < -0.3 is 14.8 Å². The van der Waals surface area contributed by atoms with Gasteiger partial charge in [0.2, 0.25) is 0 Å². The topological polar surface area (TPSA) is 47.6 Å². The SMILES string of the molecule is [2H]C([2H])([2H])c1cc(OC([2H])([2H])C2([2H])OC(=O)NC2([2H])[2H])cc(C([2H])([2H])[2H])c1. The Kier molecular flexibility index (Phi) is 1.01. The minimum absolute atomic E-state index is 0.453. The molecule has 1 saturated heterocycles. The van der Waals surface area contributed by atoms with E-state index in [-0.39, 0.29) is 0 Å². The first-order valence-electron chi connectivity index (χ1n) is 9.75. The fraction of sp³-hybridized carbons (Fsp3) is 0.417. The highest BCUT2D eigenvalue weighted by atomic mass is 16.6. The molecule has 1 aliphatic heterocycles. The van der Waals surface area contributed by atoms with Gasteiger partial charge in [-0.05, 0) is 37.0 Å². The first kappa shape index (κ1) is 3.65. The van der Waals surface area contributed by atoms with E-state index in [2.05, 4.69) is 4.74 Å². The smallest absolute Gasteiger partial charge is 0.407 e. The molecule has 86 valence electrons. The molecule has 1 aliphatic rings. The Morgan fingerprint density at radius 2 is 2.44 bits per heavy atom. The summed E-state index contributed by atoms with van der Waals surface area (Å²) < 4.78 is 92.7. The standard InChI is InChI=1S/C12H15NO3/c1-8-3-9(2)5-10(4-8)15-7-11-6-13-12(14)16-11/h3-5,11H,6-7H2,1-2H3,(H,13,14)/i1D3,2D3,6D2,7D2,11D. The minimum atomic E-state index is -3.31. The van der Waals surface area contributed by atoms with Gasteiger partial charge in [-0.25, -0.2) is 4.79 Å². The summed E-state index contributed by atoms with van der Waals surface area (Å²) in [4.78, 5) is 11.3. The van der Waals surface area contributed by atoms with Crippen LogP contribution in [0, 0.1) is 13.7 Å². The highest BCUT2D eigenvalue weighted by molar-refractivity contribution is 5.69. The van der Waals surface area contributed by atoms with E-state index in [4.69, 9.17) is 19.8 Å². The maximum absolute atomic E-state index is 11.3. The summed E-state index contributed by atoms with van der Waals surface area (Å²) in [7, 11) is 0. The quantitative estimate of drug-likeness (QED) is 0.864. The Bertz CT molecular complexity index is 726. The average Bonchev–Trinajstić information content (AvgIpc) is 2.65. The Morgan fingerprint density at radius 1 is 1.69 bits per heavy atom. The number of aryl methyl sites for hydroxylation is 2. The van der Waals surface area contributed by atoms with Gasteiger partial charge >= 0.3 is 6.09 Å². The van der Waals surface area contributed by atoms with E-state index in [1.165, 1.54) is 0 Å². The number of benzene rings is 1. The molecule has 1 N–H and O–H groups in total. The van der Waals surface area contributed by atoms with Crippen molar-refractivity contribution in [3.8, 4) is 5.75 Å². The predicted molar refractivity (Wildman–Crippen MR) is 59.7 cm³/mol. The lowest BCUT2D eigenvalue weighted by molar-refractivity contribution is 0.105. The van der Waals surface area contributed by atoms with Gasteiger partial charge in [-0.15, -0.1) is 0 Å². The number of carbonyl (C=O) groups excluding carboxylic acids is 1. The van der Waals surface area contributed by atoms with E-state index in [1.54, 1.807) is 5.32 Å². The lowest BCUT2D eigenvalue weighted by atomic mass is 10.1. The molecule has 1 heterocycles. The van der Waals surface area contributed by atoms with Crippen molar-refractivity contribution in [1.29, 1.82) is 0 Å². The maximum atomic E-state index is 11.3. The Hall–Kier alpha value is -1.71. The zero-order valence-corrected chi connectivity index (χ0v) is 7.96. The second-order valence-electron chi connectivity index (χ2n) is 2.92. The van der Waals surface area contributed by atoms with Crippen molar-refractivity contribution in [2.24, 2.45) is 0 Å². The molecule has 2 rings (SSSR count). The van der Waals surface area contributed by atoms with Crippen LogP contribution in [-0.4, -0.2) is 25.2 Å². The molecule has 1 unspecified atom stereocenters. The van der Waals surface area contributed by atoms with Crippen LogP contribution >= 0.6 is 0 Å². The van der Waals surface area contributed by atoms with Crippen molar-refractivity contribution < 1.29 is 29.3 Å². The van der Waals surface area contributed by atoms with Gasteiger partial charge in [-0.1, -0.05) is 6.07 Å². The Morgan fingerprint density at radius 3 is 3.00 bits per heavy atom. The number of alkyl carbamates (subject to hydrolysis) is 1. The number of nitrogens with one attached hydrogen (secondary N) is 1. The van der Waals surface area contributed by atoms with E-state index in [1.807, 2.05) is 0 Å². The van der Waals surface area contributed by atoms with Crippen LogP contribution in [0.4, 0.5) is 4.79 Å². The maximum Gasteiger partial charge on any atom is 0.407 e. The summed E-state index contributed by atoms with van der Waals surface area (Å²) in [6.07, 6.45) is -4.57. The molecule has 0 aromatic heterocycles. The highest BCUT2D eigenvalue weighted by Gasteiger charge is 2.22. The molecule has 0 aliphatic carbocycles. The van der Waals surface area contributed by atoms with Crippen LogP contribution in [0.15, 0.2) is 18.2 Å². The van der Waals surface area contributed by atoms with Crippen molar-refractivity contribution in [3.63, 3.8) is 0 Å². The molecular weight excluding hydrogens is 206 g/mol. The van der Waals surface area contributed by atoms with E-state index in [0.717, 1.165) is 18.2 Å². The predicted octanol–water partition coefficient (Wildman–Crippen LogP) is 1.79. The van der Waals surface area contributed by atoms with Crippen LogP contribution in [-0.2, 0) is 4.74 Å². The molecule has 1 aromatic carbocycles. The molecule has 4 heteroatoms. The molecule has 16 heavy (non-hydrogen) atoms. The summed E-state index contributed by atoms with van der Waals surface area (Å²) in [5.41, 5.74) is -0.906. The third-order valence-electron chi connectivity index (χ3n) is 1.64. The van der Waals surface area contributed by atoms with Crippen LogP contribution in [0.3, 0.4) is 0 Å². The van der Waals surface area contributed by atoms with E-state index in [9.17, 15) is 4.79 Å². The van der Waals surface area contributed by atoms with Gasteiger partial charge in [0.1, 0.15) is 12.3 Å². The molecule has 4 nitrogen and oxygen atoms in total. The number of cyclic esters (lactones) is 1. The fourth-order valence-electron chi connectivity index (χ4n) is 1.06. The van der Waals surface area contributed by atoms with Gasteiger partial charge in [0, 0.05) is 8.22 Å². The number of hydrogen-bond acceptors (Lipinski definition) is 3. The van der Waals surface area contributed by atoms with Gasteiger partial charge in [0.05, 0.1) is 13.4 Å². The van der Waals surface area contributed by atoms with E-state index < -0.39 is 55.8 Å². The van der Waals surface area contributed by atoms with Crippen LogP contribution in [0.25, 0.3) is 0 Å². The van der Waals surface area contributed by atoms with Gasteiger partial charge in [0.15, 0.2) is 6.08 Å². The largest absolute Gasteiger partial charge is 0.490 e. The Balaban J connectivity index is 2.51. The second kappa shape index (κ2) is 4.43. The van der Waals surface area contributed by atoms with Crippen molar-refractivity contribution in [2.45, 2.75) is 19.8 Å². The highest BCUT2D eigenvalue weighted by Crippen LogP contribution is 2.16. The van der Waals surface area contributed by atoms with Crippen LogP contribution in [0.2, 0.25) is 0 Å². The van der Waals surface area contributed by atoms with Gasteiger partial charge in [-0.3, -0.25) is 0 Å². The summed E-state index contributed by atoms with van der Waals surface area (Å²) in [6.45, 7) is -11.8. The number of hydrogen-bond donors (Lipinski definition) is 1. The van der Waals surface area contributed by atoms with Gasteiger partial charge in [0.25, 0.3) is 0 Å². The summed E-state index contributed by atoms with van der Waals surface area (Å²) >= 11 is 0. The summed E-state index contributed by atoms with van der Waals surface area (Å²) in [5.74, 6) is -0.579. The first-order chi connectivity index (χ1) is 11.9. The van der Waals surface area contributed by atoms with Crippen LogP contribution in [0.1, 0.15) is 26.2 Å². The zero-order valence-electron chi connectivity index (χ0n) is 19.0. The van der Waals surface area contributed by atoms with E-state index in [0.29, 0.717) is 0 Å². The Labute approximate surface area is 110 Å². The third kappa shape index (κ3) is 2.66. The van der Waals surface area contributed by atoms with E-state index >= 15 is 0 Å². The molecule has 1 amide bonds. The molecule has 1 fully saturated rings. The molecular formula is C12H15NO3. The third-order valence-corrected chi connectivity index (χ3v) is 1.64. The normalized spacial score (nSPS) is 39.5.